The quantitative estimate of drug-likeness (QED) is 0.176. The zero-order valence-electron chi connectivity index (χ0n) is 21.0. The van der Waals surface area contributed by atoms with Crippen LogP contribution >= 0.6 is 0 Å². The molecule has 1 aliphatic heterocycles. The molecule has 188 valence electrons. The molecular formula is C33H25N3OPt. The van der Waals surface area contributed by atoms with E-state index < -0.39 is 0 Å². The summed E-state index contributed by atoms with van der Waals surface area (Å²) in [6.07, 6.45) is 0. The van der Waals surface area contributed by atoms with Gasteiger partial charge in [-0.15, -0.1) is 24.3 Å². The molecule has 1 aromatic heterocycles. The molecule has 2 heterocycles. The van der Waals surface area contributed by atoms with Crippen molar-refractivity contribution in [3.8, 4) is 17.2 Å². The van der Waals surface area contributed by atoms with E-state index in [2.05, 4.69) is 113 Å². The van der Waals surface area contributed by atoms with E-state index in [1.54, 1.807) is 0 Å². The minimum Gasteiger partial charge on any atom is -0.504 e. The van der Waals surface area contributed by atoms with Gasteiger partial charge in [0.1, 0.15) is 5.75 Å². The van der Waals surface area contributed by atoms with Crippen molar-refractivity contribution in [1.82, 2.24) is 4.57 Å². The van der Waals surface area contributed by atoms with Crippen LogP contribution in [0.3, 0.4) is 0 Å². The summed E-state index contributed by atoms with van der Waals surface area (Å²) in [6.45, 7) is 2.09. The van der Waals surface area contributed by atoms with Crippen LogP contribution in [-0.2, 0) is 21.1 Å². The average molecular weight is 675 g/mol. The third-order valence-electron chi connectivity index (χ3n) is 6.65. The standard InChI is InChI=1S/C32H22N3O.CH3.Pt/c1-33-22-34(32-17-8-7-16-31(32)33)24-12-9-13-25(20-24)36-26-18-19-30-28(21-26)27-14-5-6-15-29(27)35(30)23-10-3-2-4-11-23;;/h2-10,12-17,19-22H,1H3;1H3;/q-3;-1;+4. The number of anilines is 3. The Morgan fingerprint density at radius 1 is 0.737 bits per heavy atom. The number of rotatable bonds is 4. The van der Waals surface area contributed by atoms with Gasteiger partial charge < -0.3 is 26.5 Å². The smallest absolute Gasteiger partial charge is 0.504 e. The number of nitrogens with zero attached hydrogens (tertiary/aromatic N) is 3. The molecule has 38 heavy (non-hydrogen) atoms. The number of fused-ring (bicyclic) bond motifs is 4. The molecule has 0 atom stereocenters. The molecule has 5 heteroatoms. The van der Waals surface area contributed by atoms with Crippen LogP contribution in [0, 0.1) is 26.2 Å². The van der Waals surface area contributed by atoms with Gasteiger partial charge in [0.05, 0.1) is 0 Å². The predicted molar refractivity (Wildman–Crippen MR) is 153 cm³/mol. The third-order valence-corrected chi connectivity index (χ3v) is 6.65. The van der Waals surface area contributed by atoms with E-state index in [-0.39, 0.29) is 28.5 Å². The summed E-state index contributed by atoms with van der Waals surface area (Å²) >= 11 is 0. The maximum Gasteiger partial charge on any atom is 4.00 e. The SMILES string of the molecule is CN1[CH-]N(c2cccc(Oc3[c-]cc4c(c3)c3ccccc3n4-c3[c-]cccc3)c2)c2ccccc21.[CH3-].[Pt+4]. The summed E-state index contributed by atoms with van der Waals surface area (Å²) in [4.78, 5) is 4.31. The van der Waals surface area contributed by atoms with Gasteiger partial charge in [0.25, 0.3) is 0 Å². The van der Waals surface area contributed by atoms with Crippen LogP contribution in [0.25, 0.3) is 27.5 Å². The molecule has 0 saturated carbocycles. The topological polar surface area (TPSA) is 20.6 Å². The average Bonchev–Trinajstić information content (AvgIpc) is 3.44. The molecule has 0 spiro atoms. The number of hydrogen-bond acceptors (Lipinski definition) is 3. The Kier molecular flexibility index (Phi) is 7.01. The zero-order valence-corrected chi connectivity index (χ0v) is 23.3. The van der Waals surface area contributed by atoms with Gasteiger partial charge in [-0.1, -0.05) is 53.0 Å². The van der Waals surface area contributed by atoms with E-state index in [9.17, 15) is 0 Å². The summed E-state index contributed by atoms with van der Waals surface area (Å²) in [5.74, 6) is 1.45. The van der Waals surface area contributed by atoms with Crippen molar-refractivity contribution in [3.05, 3.63) is 135 Å². The fourth-order valence-corrected chi connectivity index (χ4v) is 5.03. The van der Waals surface area contributed by atoms with Crippen LogP contribution in [-0.4, -0.2) is 11.6 Å². The van der Waals surface area contributed by atoms with Crippen LogP contribution in [0.2, 0.25) is 0 Å². The Balaban J connectivity index is 0.00000147. The van der Waals surface area contributed by atoms with Crippen LogP contribution in [0.15, 0.2) is 109 Å². The maximum atomic E-state index is 6.34. The third kappa shape index (κ3) is 4.25. The number of aromatic nitrogens is 1. The minimum absolute atomic E-state index is 0. The normalized spacial score (nSPS) is 12.2. The second-order valence-corrected chi connectivity index (χ2v) is 8.88. The van der Waals surface area contributed by atoms with Gasteiger partial charge in [0.2, 0.25) is 0 Å². The van der Waals surface area contributed by atoms with E-state index in [0.29, 0.717) is 5.75 Å². The first kappa shape index (κ1) is 25.6. The Hall–Kier alpha value is -4.01. The summed E-state index contributed by atoms with van der Waals surface area (Å²) in [5, 5.41) is 2.29. The molecule has 5 aromatic carbocycles. The zero-order chi connectivity index (χ0) is 24.1. The molecule has 0 amide bonds. The van der Waals surface area contributed by atoms with Gasteiger partial charge in [0, 0.05) is 34.4 Å². The molecule has 7 rings (SSSR count). The minimum atomic E-state index is 0. The van der Waals surface area contributed by atoms with E-state index in [1.165, 1.54) is 11.1 Å². The summed E-state index contributed by atoms with van der Waals surface area (Å²) in [5.41, 5.74) is 6.58. The van der Waals surface area contributed by atoms with Gasteiger partial charge in [-0.3, -0.25) is 0 Å². The Morgan fingerprint density at radius 2 is 1.53 bits per heavy atom. The van der Waals surface area contributed by atoms with Gasteiger partial charge in [-0.05, 0) is 42.8 Å². The van der Waals surface area contributed by atoms with Crippen molar-refractivity contribution in [3.63, 3.8) is 0 Å². The second-order valence-electron chi connectivity index (χ2n) is 8.88. The van der Waals surface area contributed by atoms with Crippen molar-refractivity contribution < 1.29 is 25.8 Å². The number of ether oxygens (including phenoxy) is 1. The maximum absolute atomic E-state index is 6.34. The van der Waals surface area contributed by atoms with Gasteiger partial charge >= 0.3 is 21.1 Å². The number of hydrogen-bond donors (Lipinski definition) is 0. The van der Waals surface area contributed by atoms with Gasteiger partial charge in [0.15, 0.2) is 0 Å². The molecule has 4 nitrogen and oxygen atoms in total. The summed E-state index contributed by atoms with van der Waals surface area (Å²) in [6, 6.07) is 43.8. The molecule has 0 unspecified atom stereocenters. The Bertz CT molecular complexity index is 1730. The number of para-hydroxylation sites is 4. The molecule has 6 aromatic rings. The van der Waals surface area contributed by atoms with Crippen LogP contribution < -0.4 is 14.5 Å². The van der Waals surface area contributed by atoms with E-state index in [4.69, 9.17) is 4.74 Å². The van der Waals surface area contributed by atoms with Crippen LogP contribution in [0.5, 0.6) is 11.5 Å². The molecule has 0 fully saturated rings. The molecule has 0 bridgehead atoms. The Morgan fingerprint density at radius 3 is 2.37 bits per heavy atom. The van der Waals surface area contributed by atoms with Gasteiger partial charge in [-0.25, -0.2) is 0 Å². The van der Waals surface area contributed by atoms with Crippen molar-refractivity contribution in [2.75, 3.05) is 16.8 Å². The monoisotopic (exact) mass is 674 g/mol. The largest absolute Gasteiger partial charge is 4.00 e. The van der Waals surface area contributed by atoms with E-state index in [0.717, 1.165) is 39.2 Å². The second kappa shape index (κ2) is 10.4. The molecule has 0 saturated heterocycles. The van der Waals surface area contributed by atoms with Crippen LogP contribution in [0.4, 0.5) is 17.1 Å². The van der Waals surface area contributed by atoms with Crippen molar-refractivity contribution in [2.45, 2.75) is 0 Å². The van der Waals surface area contributed by atoms with Crippen molar-refractivity contribution in [1.29, 1.82) is 0 Å². The first-order valence-corrected chi connectivity index (χ1v) is 11.9. The van der Waals surface area contributed by atoms with E-state index in [1.807, 2.05) is 36.4 Å². The fourth-order valence-electron chi connectivity index (χ4n) is 5.03. The first-order chi connectivity index (χ1) is 17.8. The van der Waals surface area contributed by atoms with E-state index >= 15 is 0 Å². The number of benzene rings is 5. The summed E-state index contributed by atoms with van der Waals surface area (Å²) in [7, 11) is 2.06. The molecule has 0 radical (unpaired) electrons. The summed E-state index contributed by atoms with van der Waals surface area (Å²) < 4.78 is 8.56. The molecule has 1 aliphatic rings. The van der Waals surface area contributed by atoms with Crippen LogP contribution in [0.1, 0.15) is 0 Å². The van der Waals surface area contributed by atoms with Crippen molar-refractivity contribution in [2.24, 2.45) is 0 Å². The molecule has 0 N–H and O–H groups in total. The van der Waals surface area contributed by atoms with Gasteiger partial charge in [-0.2, -0.15) is 30.9 Å². The molecule has 0 aliphatic carbocycles. The fraction of sp³-hybridized carbons (Fsp3) is 0.0303. The Labute approximate surface area is 238 Å². The van der Waals surface area contributed by atoms with Crippen molar-refractivity contribution >= 4 is 38.9 Å². The molecular weight excluding hydrogens is 649 g/mol. The predicted octanol–water partition coefficient (Wildman–Crippen LogP) is 8.33. The first-order valence-electron chi connectivity index (χ1n) is 11.9.